The molecule has 0 bridgehead atoms. The van der Waals surface area contributed by atoms with E-state index in [0.717, 1.165) is 18.5 Å². The Morgan fingerprint density at radius 3 is 1.85 bits per heavy atom. The van der Waals surface area contributed by atoms with Crippen molar-refractivity contribution >= 4 is 0 Å². The SMILES string of the molecule is CCCCc1cc(-c2ccccc2)cc(CCCC)c1-c1ccccn1. The number of pyridine rings is 1. The summed E-state index contributed by atoms with van der Waals surface area (Å²) < 4.78 is 0. The molecule has 3 rings (SSSR count). The van der Waals surface area contributed by atoms with E-state index in [9.17, 15) is 0 Å². The highest BCUT2D eigenvalue weighted by atomic mass is 14.7. The van der Waals surface area contributed by atoms with Crippen LogP contribution in [0.3, 0.4) is 0 Å². The van der Waals surface area contributed by atoms with Crippen LogP contribution in [0.5, 0.6) is 0 Å². The first-order valence-electron chi connectivity index (χ1n) is 9.96. The van der Waals surface area contributed by atoms with Gasteiger partial charge in [0.15, 0.2) is 0 Å². The molecule has 1 heterocycles. The molecule has 0 aliphatic heterocycles. The Morgan fingerprint density at radius 1 is 0.692 bits per heavy atom. The van der Waals surface area contributed by atoms with Gasteiger partial charge in [-0.05, 0) is 60.1 Å². The summed E-state index contributed by atoms with van der Waals surface area (Å²) in [4.78, 5) is 4.69. The Morgan fingerprint density at radius 2 is 1.31 bits per heavy atom. The van der Waals surface area contributed by atoms with E-state index in [4.69, 9.17) is 0 Å². The zero-order valence-electron chi connectivity index (χ0n) is 16.0. The van der Waals surface area contributed by atoms with Crippen LogP contribution in [0.2, 0.25) is 0 Å². The standard InChI is InChI=1S/C25H29N/c1-3-5-12-21-18-23(20-14-8-7-9-15-20)19-22(13-6-4-2)25(21)24-16-10-11-17-26-24/h7-11,14-19H,3-6,12-13H2,1-2H3. The van der Waals surface area contributed by atoms with Crippen molar-refractivity contribution in [3.63, 3.8) is 0 Å². The van der Waals surface area contributed by atoms with Crippen LogP contribution in [0.25, 0.3) is 22.4 Å². The number of hydrogen-bond acceptors (Lipinski definition) is 1. The maximum atomic E-state index is 4.69. The van der Waals surface area contributed by atoms with E-state index in [0.29, 0.717) is 0 Å². The van der Waals surface area contributed by atoms with Gasteiger partial charge in [0.2, 0.25) is 0 Å². The average molecular weight is 344 g/mol. The lowest BCUT2D eigenvalue weighted by Gasteiger charge is -2.17. The molecule has 0 N–H and O–H groups in total. The molecule has 0 radical (unpaired) electrons. The van der Waals surface area contributed by atoms with Crippen molar-refractivity contribution in [1.82, 2.24) is 4.98 Å². The van der Waals surface area contributed by atoms with Gasteiger partial charge in [-0.15, -0.1) is 0 Å². The summed E-state index contributed by atoms with van der Waals surface area (Å²) in [5, 5.41) is 0. The Hall–Kier alpha value is -2.41. The van der Waals surface area contributed by atoms with E-state index in [1.807, 2.05) is 12.3 Å². The van der Waals surface area contributed by atoms with Crippen molar-refractivity contribution in [2.45, 2.75) is 52.4 Å². The van der Waals surface area contributed by atoms with E-state index in [-0.39, 0.29) is 0 Å². The molecule has 0 saturated heterocycles. The average Bonchev–Trinajstić information content (AvgIpc) is 2.71. The second-order valence-electron chi connectivity index (χ2n) is 6.96. The van der Waals surface area contributed by atoms with Crippen molar-refractivity contribution in [3.8, 4) is 22.4 Å². The van der Waals surface area contributed by atoms with Gasteiger partial charge in [-0.1, -0.05) is 75.2 Å². The smallest absolute Gasteiger partial charge is 0.0707 e. The lowest BCUT2D eigenvalue weighted by Crippen LogP contribution is -2.00. The summed E-state index contributed by atoms with van der Waals surface area (Å²) in [6.45, 7) is 4.53. The largest absolute Gasteiger partial charge is 0.256 e. The van der Waals surface area contributed by atoms with E-state index < -0.39 is 0 Å². The molecular formula is C25H29N. The summed E-state index contributed by atoms with van der Waals surface area (Å²) in [6, 6.07) is 21.8. The van der Waals surface area contributed by atoms with Gasteiger partial charge in [-0.3, -0.25) is 4.98 Å². The van der Waals surface area contributed by atoms with Gasteiger partial charge < -0.3 is 0 Å². The number of hydrogen-bond donors (Lipinski definition) is 0. The summed E-state index contributed by atoms with van der Waals surface area (Å²) in [5.41, 5.74) is 8.01. The Balaban J connectivity index is 2.16. The molecule has 0 saturated carbocycles. The van der Waals surface area contributed by atoms with Crippen LogP contribution in [0.15, 0.2) is 66.9 Å². The van der Waals surface area contributed by atoms with Crippen molar-refractivity contribution in [2.75, 3.05) is 0 Å². The molecule has 0 atom stereocenters. The van der Waals surface area contributed by atoms with Gasteiger partial charge in [0.25, 0.3) is 0 Å². The van der Waals surface area contributed by atoms with Crippen LogP contribution >= 0.6 is 0 Å². The molecule has 0 spiro atoms. The third kappa shape index (κ3) is 4.40. The molecule has 0 aliphatic rings. The monoisotopic (exact) mass is 343 g/mol. The second kappa shape index (κ2) is 9.33. The van der Waals surface area contributed by atoms with Crippen LogP contribution in [0.1, 0.15) is 50.7 Å². The minimum absolute atomic E-state index is 1.11. The second-order valence-corrected chi connectivity index (χ2v) is 6.96. The van der Waals surface area contributed by atoms with Gasteiger partial charge >= 0.3 is 0 Å². The Bertz CT molecular complexity index is 777. The lowest BCUT2D eigenvalue weighted by atomic mass is 9.88. The molecule has 0 amide bonds. The number of unbranched alkanes of at least 4 members (excludes halogenated alkanes) is 2. The highest BCUT2D eigenvalue weighted by molar-refractivity contribution is 5.75. The fraction of sp³-hybridized carbons (Fsp3) is 0.320. The topological polar surface area (TPSA) is 12.9 Å². The molecule has 26 heavy (non-hydrogen) atoms. The van der Waals surface area contributed by atoms with Crippen LogP contribution in [-0.2, 0) is 12.8 Å². The zero-order chi connectivity index (χ0) is 18.2. The zero-order valence-corrected chi connectivity index (χ0v) is 16.0. The fourth-order valence-corrected chi connectivity index (χ4v) is 3.53. The summed E-state index contributed by atoms with van der Waals surface area (Å²) in [7, 11) is 0. The van der Waals surface area contributed by atoms with Gasteiger partial charge in [-0.25, -0.2) is 0 Å². The number of aryl methyl sites for hydroxylation is 2. The molecule has 0 aliphatic carbocycles. The lowest BCUT2D eigenvalue weighted by molar-refractivity contribution is 0.782. The predicted octanol–water partition coefficient (Wildman–Crippen LogP) is 7.10. The quantitative estimate of drug-likeness (QED) is 0.425. The molecule has 134 valence electrons. The maximum Gasteiger partial charge on any atom is 0.0707 e. The molecule has 2 aromatic carbocycles. The fourth-order valence-electron chi connectivity index (χ4n) is 3.53. The molecule has 0 fully saturated rings. The summed E-state index contributed by atoms with van der Waals surface area (Å²) >= 11 is 0. The molecule has 1 nitrogen and oxygen atoms in total. The third-order valence-corrected chi connectivity index (χ3v) is 4.93. The molecule has 1 aromatic heterocycles. The summed E-state index contributed by atoms with van der Waals surface area (Å²) in [5.74, 6) is 0. The van der Waals surface area contributed by atoms with Crippen molar-refractivity contribution < 1.29 is 0 Å². The van der Waals surface area contributed by atoms with Crippen LogP contribution < -0.4 is 0 Å². The third-order valence-electron chi connectivity index (χ3n) is 4.93. The first-order chi connectivity index (χ1) is 12.8. The molecule has 0 unspecified atom stereocenters. The van der Waals surface area contributed by atoms with E-state index in [1.165, 1.54) is 53.5 Å². The minimum Gasteiger partial charge on any atom is -0.256 e. The van der Waals surface area contributed by atoms with Crippen molar-refractivity contribution in [1.29, 1.82) is 0 Å². The van der Waals surface area contributed by atoms with Crippen molar-refractivity contribution in [2.24, 2.45) is 0 Å². The minimum atomic E-state index is 1.11. The highest BCUT2D eigenvalue weighted by Crippen LogP contribution is 2.34. The normalized spacial score (nSPS) is 10.8. The van der Waals surface area contributed by atoms with E-state index >= 15 is 0 Å². The highest BCUT2D eigenvalue weighted by Gasteiger charge is 2.14. The van der Waals surface area contributed by atoms with Gasteiger partial charge in [0, 0.05) is 11.8 Å². The molecule has 3 aromatic rings. The number of aromatic nitrogens is 1. The summed E-state index contributed by atoms with van der Waals surface area (Å²) in [6.07, 6.45) is 8.98. The van der Waals surface area contributed by atoms with Gasteiger partial charge in [0.1, 0.15) is 0 Å². The Labute approximate surface area is 158 Å². The predicted molar refractivity (Wildman–Crippen MR) is 112 cm³/mol. The van der Waals surface area contributed by atoms with Crippen LogP contribution in [0.4, 0.5) is 0 Å². The number of benzene rings is 2. The Kier molecular flexibility index (Phi) is 6.60. The van der Waals surface area contributed by atoms with Gasteiger partial charge in [-0.2, -0.15) is 0 Å². The first kappa shape index (κ1) is 18.4. The van der Waals surface area contributed by atoms with Crippen LogP contribution in [-0.4, -0.2) is 4.98 Å². The first-order valence-corrected chi connectivity index (χ1v) is 9.96. The van der Waals surface area contributed by atoms with E-state index in [2.05, 4.69) is 73.4 Å². The van der Waals surface area contributed by atoms with Gasteiger partial charge in [0.05, 0.1) is 5.69 Å². The maximum absolute atomic E-state index is 4.69. The van der Waals surface area contributed by atoms with E-state index in [1.54, 1.807) is 0 Å². The molecular weight excluding hydrogens is 314 g/mol. The van der Waals surface area contributed by atoms with Crippen LogP contribution in [0, 0.1) is 0 Å². The number of rotatable bonds is 8. The number of nitrogens with zero attached hydrogens (tertiary/aromatic N) is 1. The van der Waals surface area contributed by atoms with Crippen molar-refractivity contribution in [3.05, 3.63) is 78.0 Å². The molecule has 1 heteroatoms.